The van der Waals surface area contributed by atoms with Crippen LogP contribution < -0.4 is 0 Å². The molecule has 0 radical (unpaired) electrons. The second-order valence-electron chi connectivity index (χ2n) is 3.85. The van der Waals surface area contributed by atoms with Gasteiger partial charge in [-0.25, -0.2) is 4.68 Å². The molecule has 5 nitrogen and oxygen atoms in total. The van der Waals surface area contributed by atoms with E-state index < -0.39 is 16.7 Å². The summed E-state index contributed by atoms with van der Waals surface area (Å²) in [6.45, 7) is 1.42. The molecule has 0 unspecified atom stereocenters. The molecule has 19 heavy (non-hydrogen) atoms. The third kappa shape index (κ3) is 2.56. The van der Waals surface area contributed by atoms with Gasteiger partial charge in [0.15, 0.2) is 0 Å². The number of halogens is 3. The maximum Gasteiger partial charge on any atom is 0.416 e. The third-order valence-corrected chi connectivity index (χ3v) is 2.51. The van der Waals surface area contributed by atoms with E-state index >= 15 is 0 Å². The highest BCUT2D eigenvalue weighted by Gasteiger charge is 2.30. The van der Waals surface area contributed by atoms with Gasteiger partial charge in [0.25, 0.3) is 0 Å². The van der Waals surface area contributed by atoms with Gasteiger partial charge in [-0.3, -0.25) is 10.1 Å². The van der Waals surface area contributed by atoms with E-state index in [9.17, 15) is 23.3 Å². The largest absolute Gasteiger partial charge is 0.416 e. The van der Waals surface area contributed by atoms with E-state index in [0.29, 0.717) is 0 Å². The highest BCUT2D eigenvalue weighted by molar-refractivity contribution is 5.41. The van der Waals surface area contributed by atoms with Crippen molar-refractivity contribution in [2.24, 2.45) is 0 Å². The summed E-state index contributed by atoms with van der Waals surface area (Å²) in [6, 6.07) is 4.43. The SMILES string of the molecule is Cc1nn(-c2cccc(C(F)(F)F)c2)cc1[N+](=O)[O-]. The van der Waals surface area contributed by atoms with Crippen LogP contribution in [0.4, 0.5) is 18.9 Å². The van der Waals surface area contributed by atoms with Crippen molar-refractivity contribution in [1.82, 2.24) is 9.78 Å². The van der Waals surface area contributed by atoms with E-state index in [1.807, 2.05) is 0 Å². The Morgan fingerprint density at radius 3 is 2.58 bits per heavy atom. The van der Waals surface area contributed by atoms with Crippen molar-refractivity contribution in [3.63, 3.8) is 0 Å². The molecule has 0 fully saturated rings. The second kappa shape index (κ2) is 4.38. The van der Waals surface area contributed by atoms with Gasteiger partial charge < -0.3 is 0 Å². The Hall–Kier alpha value is -2.38. The minimum absolute atomic E-state index is 0.117. The molecule has 0 bridgehead atoms. The minimum atomic E-state index is -4.47. The first-order valence-electron chi connectivity index (χ1n) is 5.17. The van der Waals surface area contributed by atoms with Crippen LogP contribution in [0.5, 0.6) is 0 Å². The van der Waals surface area contributed by atoms with Crippen LogP contribution in [-0.2, 0) is 6.18 Å². The number of nitro groups is 1. The molecule has 2 rings (SSSR count). The Morgan fingerprint density at radius 1 is 1.37 bits per heavy atom. The van der Waals surface area contributed by atoms with Crippen LogP contribution in [0, 0.1) is 17.0 Å². The lowest BCUT2D eigenvalue weighted by Gasteiger charge is -2.08. The Bertz CT molecular complexity index is 634. The highest BCUT2D eigenvalue weighted by atomic mass is 19.4. The Kier molecular flexibility index (Phi) is 3.01. The third-order valence-electron chi connectivity index (χ3n) is 2.51. The Balaban J connectivity index is 2.48. The summed E-state index contributed by atoms with van der Waals surface area (Å²) in [5.74, 6) is 0. The molecule has 1 aromatic heterocycles. The first kappa shape index (κ1) is 13.1. The number of alkyl halides is 3. The number of rotatable bonds is 2. The molecule has 0 saturated carbocycles. The van der Waals surface area contributed by atoms with Crippen LogP contribution in [-0.4, -0.2) is 14.7 Å². The molecule has 8 heteroatoms. The van der Waals surface area contributed by atoms with Crippen molar-refractivity contribution in [2.75, 3.05) is 0 Å². The predicted molar refractivity (Wildman–Crippen MR) is 60.0 cm³/mol. The van der Waals surface area contributed by atoms with E-state index in [0.717, 1.165) is 23.0 Å². The van der Waals surface area contributed by atoms with Gasteiger partial charge >= 0.3 is 11.9 Å². The van der Waals surface area contributed by atoms with Crippen LogP contribution in [0.3, 0.4) is 0 Å². The van der Waals surface area contributed by atoms with E-state index in [2.05, 4.69) is 5.10 Å². The lowest BCUT2D eigenvalue weighted by Crippen LogP contribution is -2.06. The fraction of sp³-hybridized carbons (Fsp3) is 0.182. The lowest BCUT2D eigenvalue weighted by molar-refractivity contribution is -0.385. The zero-order chi connectivity index (χ0) is 14.2. The Morgan fingerprint density at radius 2 is 2.05 bits per heavy atom. The summed E-state index contributed by atoms with van der Waals surface area (Å²) < 4.78 is 38.7. The Labute approximate surface area is 105 Å². The van der Waals surface area contributed by atoms with Gasteiger partial charge in [-0.2, -0.15) is 18.3 Å². The summed E-state index contributed by atoms with van der Waals surface area (Å²) in [7, 11) is 0. The van der Waals surface area contributed by atoms with Crippen molar-refractivity contribution in [1.29, 1.82) is 0 Å². The average molecular weight is 271 g/mol. The molecule has 0 saturated heterocycles. The quantitative estimate of drug-likeness (QED) is 0.622. The van der Waals surface area contributed by atoms with Crippen molar-refractivity contribution in [3.8, 4) is 5.69 Å². The van der Waals surface area contributed by atoms with E-state index in [-0.39, 0.29) is 17.1 Å². The molecule has 1 heterocycles. The smallest absolute Gasteiger partial charge is 0.258 e. The van der Waals surface area contributed by atoms with Crippen LogP contribution in [0.1, 0.15) is 11.3 Å². The molecule has 100 valence electrons. The molecular formula is C11H8F3N3O2. The molecule has 2 aromatic rings. The van der Waals surface area contributed by atoms with Gasteiger partial charge in [0, 0.05) is 0 Å². The van der Waals surface area contributed by atoms with Crippen molar-refractivity contribution < 1.29 is 18.1 Å². The number of benzene rings is 1. The van der Waals surface area contributed by atoms with E-state index in [1.54, 1.807) is 0 Å². The number of hydrogen-bond acceptors (Lipinski definition) is 3. The zero-order valence-electron chi connectivity index (χ0n) is 9.68. The van der Waals surface area contributed by atoms with Gasteiger partial charge in [0.05, 0.1) is 16.2 Å². The molecule has 0 aliphatic carbocycles. The number of aromatic nitrogens is 2. The maximum atomic E-state index is 12.6. The topological polar surface area (TPSA) is 61.0 Å². The second-order valence-corrected chi connectivity index (χ2v) is 3.85. The molecule has 0 atom stereocenters. The molecule has 0 spiro atoms. The predicted octanol–water partition coefficient (Wildman–Crippen LogP) is 3.11. The first-order chi connectivity index (χ1) is 8.79. The van der Waals surface area contributed by atoms with Crippen molar-refractivity contribution in [3.05, 3.63) is 51.8 Å². The standard InChI is InChI=1S/C11H8F3N3O2/c1-7-10(17(18)19)6-16(15-7)9-4-2-3-8(5-9)11(12,13)14/h2-6H,1H3. The molecular weight excluding hydrogens is 263 g/mol. The van der Waals surface area contributed by atoms with E-state index in [1.165, 1.54) is 19.1 Å². The minimum Gasteiger partial charge on any atom is -0.258 e. The normalized spacial score (nSPS) is 11.6. The van der Waals surface area contributed by atoms with Crippen LogP contribution >= 0.6 is 0 Å². The first-order valence-corrected chi connectivity index (χ1v) is 5.17. The molecule has 0 amide bonds. The summed E-state index contributed by atoms with van der Waals surface area (Å²) in [6.07, 6.45) is -3.38. The van der Waals surface area contributed by atoms with E-state index in [4.69, 9.17) is 0 Å². The summed E-state index contributed by atoms with van der Waals surface area (Å²) >= 11 is 0. The van der Waals surface area contributed by atoms with Gasteiger partial charge in [-0.05, 0) is 25.1 Å². The van der Waals surface area contributed by atoms with Gasteiger partial charge in [-0.15, -0.1) is 0 Å². The van der Waals surface area contributed by atoms with Gasteiger partial charge in [0.2, 0.25) is 0 Å². The highest BCUT2D eigenvalue weighted by Crippen LogP contribution is 2.30. The van der Waals surface area contributed by atoms with Crippen molar-refractivity contribution >= 4 is 5.69 Å². The van der Waals surface area contributed by atoms with Crippen molar-refractivity contribution in [2.45, 2.75) is 13.1 Å². The molecule has 0 N–H and O–H groups in total. The number of nitrogens with zero attached hydrogens (tertiary/aromatic N) is 3. The summed E-state index contributed by atoms with van der Waals surface area (Å²) in [5.41, 5.74) is -0.813. The van der Waals surface area contributed by atoms with Gasteiger partial charge in [-0.1, -0.05) is 6.07 Å². The zero-order valence-corrected chi connectivity index (χ0v) is 9.68. The summed E-state index contributed by atoms with van der Waals surface area (Å²) in [4.78, 5) is 10.0. The summed E-state index contributed by atoms with van der Waals surface area (Å²) in [5, 5.41) is 14.5. The van der Waals surface area contributed by atoms with Crippen LogP contribution in [0.15, 0.2) is 30.5 Å². The molecule has 0 aliphatic rings. The number of aryl methyl sites for hydroxylation is 1. The maximum absolute atomic E-state index is 12.6. The van der Waals surface area contributed by atoms with Crippen LogP contribution in [0.2, 0.25) is 0 Å². The average Bonchev–Trinajstić information content (AvgIpc) is 2.70. The lowest BCUT2D eigenvalue weighted by atomic mass is 10.2. The molecule has 1 aromatic carbocycles. The molecule has 0 aliphatic heterocycles. The number of hydrogen-bond donors (Lipinski definition) is 0. The monoisotopic (exact) mass is 271 g/mol. The fourth-order valence-electron chi connectivity index (χ4n) is 1.59. The fourth-order valence-corrected chi connectivity index (χ4v) is 1.59. The van der Waals surface area contributed by atoms with Gasteiger partial charge in [0.1, 0.15) is 11.9 Å². The van der Waals surface area contributed by atoms with Crippen LogP contribution in [0.25, 0.3) is 5.69 Å².